The maximum Gasteiger partial charge on any atom is 0.249 e. The van der Waals surface area contributed by atoms with Crippen LogP contribution in [0.5, 0.6) is 0 Å². The second kappa shape index (κ2) is 7.84. The minimum atomic E-state index is -0.675. The molecule has 1 rings (SSSR count). The minimum Gasteiger partial charge on any atom is -0.368 e. The summed E-state index contributed by atoms with van der Waals surface area (Å²) in [5, 5.41) is 5.10. The van der Waals surface area contributed by atoms with Crippen LogP contribution in [0.3, 0.4) is 0 Å². The SMILES string of the molecule is CC(C)C[C@H](NC(=O)[C@@H]1CCCO1)C(=O)NCC(N)=O. The van der Waals surface area contributed by atoms with E-state index in [4.69, 9.17) is 10.5 Å². The summed E-state index contributed by atoms with van der Waals surface area (Å²) >= 11 is 0. The lowest BCUT2D eigenvalue weighted by atomic mass is 10.0. The topological polar surface area (TPSA) is 111 Å². The zero-order valence-corrected chi connectivity index (χ0v) is 12.0. The van der Waals surface area contributed by atoms with Gasteiger partial charge in [0.25, 0.3) is 0 Å². The van der Waals surface area contributed by atoms with E-state index < -0.39 is 24.0 Å². The van der Waals surface area contributed by atoms with Gasteiger partial charge in [0.2, 0.25) is 17.7 Å². The molecule has 0 aromatic carbocycles. The Morgan fingerprint density at radius 2 is 2.05 bits per heavy atom. The van der Waals surface area contributed by atoms with Crippen molar-refractivity contribution in [3.8, 4) is 0 Å². The molecular formula is C13H23N3O4. The molecule has 0 aliphatic carbocycles. The third kappa shape index (κ3) is 5.56. The summed E-state index contributed by atoms with van der Waals surface area (Å²) in [6.45, 7) is 4.24. The first-order valence-corrected chi connectivity index (χ1v) is 6.88. The summed E-state index contributed by atoms with van der Waals surface area (Å²) in [5.41, 5.74) is 4.98. The van der Waals surface area contributed by atoms with Crippen molar-refractivity contribution in [2.24, 2.45) is 11.7 Å². The molecule has 0 bridgehead atoms. The monoisotopic (exact) mass is 285 g/mol. The van der Waals surface area contributed by atoms with E-state index in [1.807, 2.05) is 13.8 Å². The average molecular weight is 285 g/mol. The van der Waals surface area contributed by atoms with Gasteiger partial charge in [-0.25, -0.2) is 0 Å². The maximum absolute atomic E-state index is 12.0. The van der Waals surface area contributed by atoms with E-state index in [0.717, 1.165) is 6.42 Å². The van der Waals surface area contributed by atoms with Crippen molar-refractivity contribution < 1.29 is 19.1 Å². The van der Waals surface area contributed by atoms with Gasteiger partial charge in [0.15, 0.2) is 0 Å². The fourth-order valence-electron chi connectivity index (χ4n) is 2.05. The van der Waals surface area contributed by atoms with Crippen LogP contribution in [0.2, 0.25) is 0 Å². The maximum atomic E-state index is 12.0. The van der Waals surface area contributed by atoms with E-state index in [1.54, 1.807) is 0 Å². The Bertz CT molecular complexity index is 365. The summed E-state index contributed by atoms with van der Waals surface area (Å²) in [7, 11) is 0. The molecule has 1 fully saturated rings. The van der Waals surface area contributed by atoms with E-state index in [0.29, 0.717) is 19.4 Å². The van der Waals surface area contributed by atoms with Crippen molar-refractivity contribution >= 4 is 17.7 Å². The number of hydrogen-bond donors (Lipinski definition) is 3. The standard InChI is InChI=1S/C13H23N3O4/c1-8(2)6-9(12(18)15-7-11(14)17)16-13(19)10-4-3-5-20-10/h8-10H,3-7H2,1-2H3,(H2,14,17)(H,15,18)(H,16,19)/t9-,10-/m0/s1. The lowest BCUT2D eigenvalue weighted by Crippen LogP contribution is -2.51. The lowest BCUT2D eigenvalue weighted by Gasteiger charge is -2.21. The number of nitrogens with one attached hydrogen (secondary N) is 2. The third-order valence-electron chi connectivity index (χ3n) is 3.00. The molecule has 7 nitrogen and oxygen atoms in total. The van der Waals surface area contributed by atoms with Gasteiger partial charge < -0.3 is 21.1 Å². The highest BCUT2D eigenvalue weighted by Gasteiger charge is 2.28. The van der Waals surface area contributed by atoms with Gasteiger partial charge in [0.05, 0.1) is 6.54 Å². The highest BCUT2D eigenvalue weighted by Crippen LogP contribution is 2.13. The number of amides is 3. The van der Waals surface area contributed by atoms with E-state index in [9.17, 15) is 14.4 Å². The van der Waals surface area contributed by atoms with Gasteiger partial charge in [0, 0.05) is 6.61 Å². The van der Waals surface area contributed by atoms with E-state index in [1.165, 1.54) is 0 Å². The Balaban J connectivity index is 2.55. The van der Waals surface area contributed by atoms with E-state index in [2.05, 4.69) is 10.6 Å². The van der Waals surface area contributed by atoms with Crippen molar-refractivity contribution in [2.45, 2.75) is 45.3 Å². The molecule has 0 aromatic rings. The molecule has 1 heterocycles. The molecule has 1 aliphatic heterocycles. The summed E-state index contributed by atoms with van der Waals surface area (Å²) in [6.07, 6.45) is 1.53. The number of hydrogen-bond acceptors (Lipinski definition) is 4. The number of carbonyl (C=O) groups is 3. The summed E-state index contributed by atoms with van der Waals surface area (Å²) in [5.74, 6) is -1.07. The van der Waals surface area contributed by atoms with E-state index >= 15 is 0 Å². The molecule has 0 saturated carbocycles. The molecule has 4 N–H and O–H groups in total. The predicted molar refractivity (Wildman–Crippen MR) is 72.6 cm³/mol. The molecule has 20 heavy (non-hydrogen) atoms. The third-order valence-corrected chi connectivity index (χ3v) is 3.00. The predicted octanol–water partition coefficient (Wildman–Crippen LogP) is -0.702. The molecule has 0 unspecified atom stereocenters. The normalized spacial score (nSPS) is 19.6. The van der Waals surface area contributed by atoms with Crippen molar-refractivity contribution in [1.29, 1.82) is 0 Å². The second-order valence-corrected chi connectivity index (χ2v) is 5.38. The first-order chi connectivity index (χ1) is 9.40. The molecule has 0 aromatic heterocycles. The van der Waals surface area contributed by atoms with Gasteiger partial charge in [-0.3, -0.25) is 14.4 Å². The van der Waals surface area contributed by atoms with Gasteiger partial charge in [-0.05, 0) is 25.2 Å². The molecule has 114 valence electrons. The van der Waals surface area contributed by atoms with Crippen molar-refractivity contribution in [3.63, 3.8) is 0 Å². The number of carbonyl (C=O) groups excluding carboxylic acids is 3. The quantitative estimate of drug-likeness (QED) is 0.574. The molecule has 0 spiro atoms. The van der Waals surface area contributed by atoms with Crippen molar-refractivity contribution in [1.82, 2.24) is 10.6 Å². The largest absolute Gasteiger partial charge is 0.368 e. The van der Waals surface area contributed by atoms with E-state index in [-0.39, 0.29) is 18.4 Å². The summed E-state index contributed by atoms with van der Waals surface area (Å²) < 4.78 is 5.28. The van der Waals surface area contributed by atoms with Gasteiger partial charge in [-0.2, -0.15) is 0 Å². The number of nitrogens with two attached hydrogens (primary N) is 1. The average Bonchev–Trinajstić information content (AvgIpc) is 2.88. The number of rotatable bonds is 7. The summed E-state index contributed by atoms with van der Waals surface area (Å²) in [6, 6.07) is -0.675. The highest BCUT2D eigenvalue weighted by atomic mass is 16.5. The molecule has 7 heteroatoms. The zero-order chi connectivity index (χ0) is 15.1. The Morgan fingerprint density at radius 3 is 2.55 bits per heavy atom. The first-order valence-electron chi connectivity index (χ1n) is 6.88. The van der Waals surface area contributed by atoms with Crippen molar-refractivity contribution in [3.05, 3.63) is 0 Å². The highest BCUT2D eigenvalue weighted by molar-refractivity contribution is 5.91. The van der Waals surface area contributed by atoms with Crippen LogP contribution < -0.4 is 16.4 Å². The first kappa shape index (κ1) is 16.4. The molecule has 1 aliphatic rings. The number of primary amides is 1. The fraction of sp³-hybridized carbons (Fsp3) is 0.769. The van der Waals surface area contributed by atoms with Crippen LogP contribution in [-0.2, 0) is 19.1 Å². The van der Waals surface area contributed by atoms with Gasteiger partial charge >= 0.3 is 0 Å². The molecule has 1 saturated heterocycles. The molecule has 0 radical (unpaired) electrons. The van der Waals surface area contributed by atoms with Gasteiger partial charge in [-0.1, -0.05) is 13.8 Å². The Kier molecular flexibility index (Phi) is 6.44. The van der Waals surface area contributed by atoms with Crippen LogP contribution in [0.1, 0.15) is 33.1 Å². The lowest BCUT2D eigenvalue weighted by molar-refractivity contribution is -0.135. The smallest absolute Gasteiger partial charge is 0.249 e. The van der Waals surface area contributed by atoms with Crippen LogP contribution in [0.15, 0.2) is 0 Å². The fourth-order valence-corrected chi connectivity index (χ4v) is 2.05. The van der Waals surface area contributed by atoms with Crippen LogP contribution in [0.4, 0.5) is 0 Å². The van der Waals surface area contributed by atoms with Gasteiger partial charge in [0.1, 0.15) is 12.1 Å². The minimum absolute atomic E-state index is 0.226. The van der Waals surface area contributed by atoms with Gasteiger partial charge in [-0.15, -0.1) is 0 Å². The van der Waals surface area contributed by atoms with Crippen LogP contribution in [-0.4, -0.2) is 43.0 Å². The van der Waals surface area contributed by atoms with Crippen molar-refractivity contribution in [2.75, 3.05) is 13.2 Å². The molecule has 2 atom stereocenters. The van der Waals surface area contributed by atoms with Crippen LogP contribution in [0, 0.1) is 5.92 Å². The molecule has 3 amide bonds. The Labute approximate surface area is 118 Å². The summed E-state index contributed by atoms with van der Waals surface area (Å²) in [4.78, 5) is 34.6. The second-order valence-electron chi connectivity index (χ2n) is 5.38. The van der Waals surface area contributed by atoms with Crippen LogP contribution >= 0.6 is 0 Å². The Hall–Kier alpha value is -1.63. The Morgan fingerprint density at radius 1 is 1.35 bits per heavy atom. The van der Waals surface area contributed by atoms with Crippen LogP contribution in [0.25, 0.3) is 0 Å². The zero-order valence-electron chi connectivity index (χ0n) is 12.0. The molecular weight excluding hydrogens is 262 g/mol. The number of ether oxygens (including phenoxy) is 1.